The second-order valence-electron chi connectivity index (χ2n) is 6.94. The lowest BCUT2D eigenvalue weighted by atomic mass is 9.85. The van der Waals surface area contributed by atoms with Crippen LogP contribution in [-0.2, 0) is 0 Å². The lowest BCUT2D eigenvalue weighted by Crippen LogP contribution is -2.39. The van der Waals surface area contributed by atoms with Crippen molar-refractivity contribution in [1.82, 2.24) is 0 Å². The number of thioether (sulfide) groups is 1. The molecule has 1 aliphatic carbocycles. The summed E-state index contributed by atoms with van der Waals surface area (Å²) < 4.78 is 1.06. The Morgan fingerprint density at radius 1 is 1.26 bits per heavy atom. The molecule has 0 fully saturated rings. The Kier molecular flexibility index (Phi) is 5.05. The molecule has 0 amide bonds. The van der Waals surface area contributed by atoms with Crippen molar-refractivity contribution in [1.29, 1.82) is 0 Å². The number of hydrogen-bond acceptors (Lipinski definition) is 1. The average molecular weight is 347 g/mol. The van der Waals surface area contributed by atoms with E-state index in [2.05, 4.69) is 63.5 Å². The van der Waals surface area contributed by atoms with Crippen LogP contribution in [0.5, 0.6) is 0 Å². The van der Waals surface area contributed by atoms with Gasteiger partial charge in [-0.3, -0.25) is 0 Å². The van der Waals surface area contributed by atoms with Gasteiger partial charge in [-0.25, -0.2) is 0 Å². The molecule has 122 valence electrons. The minimum absolute atomic E-state index is 0.393. The lowest BCUT2D eigenvalue weighted by Gasteiger charge is -2.34. The van der Waals surface area contributed by atoms with Crippen LogP contribution in [0.25, 0.3) is 5.57 Å². The van der Waals surface area contributed by atoms with Crippen molar-refractivity contribution in [2.24, 2.45) is 5.92 Å². The zero-order valence-corrected chi connectivity index (χ0v) is 15.7. The Morgan fingerprint density at radius 3 is 2.83 bits per heavy atom. The van der Waals surface area contributed by atoms with Crippen LogP contribution in [-0.4, -0.2) is 36.9 Å². The van der Waals surface area contributed by atoms with Gasteiger partial charge in [-0.1, -0.05) is 48.0 Å². The first kappa shape index (κ1) is 16.9. The van der Waals surface area contributed by atoms with Crippen LogP contribution < -0.4 is 0 Å². The van der Waals surface area contributed by atoms with E-state index in [0.717, 1.165) is 22.5 Å². The summed E-state index contributed by atoms with van der Waals surface area (Å²) in [5, 5.41) is 1.33. The van der Waals surface area contributed by atoms with E-state index in [4.69, 9.17) is 11.6 Å². The van der Waals surface area contributed by atoms with Crippen LogP contribution in [0, 0.1) is 5.92 Å². The summed E-state index contributed by atoms with van der Waals surface area (Å²) in [7, 11) is 4.60. The van der Waals surface area contributed by atoms with E-state index >= 15 is 0 Å². The first-order valence-corrected chi connectivity index (χ1v) is 9.59. The Bertz CT molecular complexity index is 672. The third-order valence-electron chi connectivity index (χ3n) is 4.91. The van der Waals surface area contributed by atoms with Crippen LogP contribution in [0.15, 0.2) is 58.5 Å². The summed E-state index contributed by atoms with van der Waals surface area (Å²) in [6.07, 6.45) is 10.1. The number of quaternary nitrogens is 1. The predicted molar refractivity (Wildman–Crippen MR) is 103 cm³/mol. The highest BCUT2D eigenvalue weighted by molar-refractivity contribution is 8.00. The molecule has 1 nitrogen and oxygen atoms in total. The summed E-state index contributed by atoms with van der Waals surface area (Å²) in [6.45, 7) is 4.58. The van der Waals surface area contributed by atoms with E-state index in [9.17, 15) is 0 Å². The molecule has 0 spiro atoms. The molecule has 1 aromatic carbocycles. The van der Waals surface area contributed by atoms with Gasteiger partial charge in [0.15, 0.2) is 0 Å². The average Bonchev–Trinajstić information content (AvgIpc) is 2.54. The highest BCUT2D eigenvalue weighted by atomic mass is 35.5. The minimum atomic E-state index is 0.393. The normalized spacial score (nSPS) is 25.0. The van der Waals surface area contributed by atoms with E-state index in [-0.39, 0.29) is 0 Å². The lowest BCUT2D eigenvalue weighted by molar-refractivity contribution is -0.888. The van der Waals surface area contributed by atoms with Crippen LogP contribution >= 0.6 is 23.4 Å². The van der Waals surface area contributed by atoms with Crippen LogP contribution in [0.4, 0.5) is 0 Å². The number of nitrogens with zero attached hydrogens (tertiary/aromatic N) is 1. The summed E-state index contributed by atoms with van der Waals surface area (Å²) in [4.78, 5) is 1.39. The Balaban J connectivity index is 1.92. The van der Waals surface area contributed by atoms with Crippen molar-refractivity contribution in [3.8, 4) is 0 Å². The molecular formula is C20H25ClNS+. The maximum atomic E-state index is 6.29. The molecule has 23 heavy (non-hydrogen) atoms. The number of allylic oxidation sites excluding steroid dienone is 4. The zero-order valence-electron chi connectivity index (χ0n) is 14.1. The predicted octanol–water partition coefficient (Wildman–Crippen LogP) is 5.34. The summed E-state index contributed by atoms with van der Waals surface area (Å²) in [6, 6.07) is 8.77. The highest BCUT2D eigenvalue weighted by Crippen LogP contribution is 2.48. The molecule has 1 heterocycles. The Hall–Kier alpha value is -0.960. The molecular weight excluding hydrogens is 322 g/mol. The molecule has 0 N–H and O–H groups in total. The fourth-order valence-electron chi connectivity index (χ4n) is 3.12. The number of hydrogen-bond donors (Lipinski definition) is 0. The van der Waals surface area contributed by atoms with Crippen LogP contribution in [0.1, 0.15) is 18.9 Å². The largest absolute Gasteiger partial charge is 0.328 e. The number of rotatable bonds is 4. The Labute approximate surface area is 149 Å². The number of fused-ring (bicyclic) bond motifs is 2. The smallest absolute Gasteiger partial charge is 0.0817 e. The van der Waals surface area contributed by atoms with E-state index in [1.165, 1.54) is 22.6 Å². The number of benzene rings is 1. The molecule has 0 aromatic heterocycles. The molecule has 3 rings (SSSR count). The van der Waals surface area contributed by atoms with Crippen molar-refractivity contribution in [2.45, 2.75) is 23.5 Å². The molecule has 1 aliphatic heterocycles. The van der Waals surface area contributed by atoms with Crippen molar-refractivity contribution in [3.05, 3.63) is 59.2 Å². The molecule has 1 aromatic rings. The van der Waals surface area contributed by atoms with Gasteiger partial charge in [0, 0.05) is 27.5 Å². The first-order chi connectivity index (χ1) is 11.0. The van der Waals surface area contributed by atoms with Gasteiger partial charge in [-0.05, 0) is 30.2 Å². The SMILES string of the molecule is CC[N+](C)(C)CCC=C1c2ccccc2SC2C=CC(Cl)=CC12. The topological polar surface area (TPSA) is 0 Å². The summed E-state index contributed by atoms with van der Waals surface area (Å²) >= 11 is 8.25. The van der Waals surface area contributed by atoms with E-state index in [1.807, 2.05) is 17.8 Å². The first-order valence-electron chi connectivity index (χ1n) is 8.34. The van der Waals surface area contributed by atoms with Gasteiger partial charge in [0.25, 0.3) is 0 Å². The maximum Gasteiger partial charge on any atom is 0.0817 e. The van der Waals surface area contributed by atoms with Crippen LogP contribution in [0.3, 0.4) is 0 Å². The fourth-order valence-corrected chi connectivity index (χ4v) is 4.62. The van der Waals surface area contributed by atoms with E-state index < -0.39 is 0 Å². The molecule has 2 atom stereocenters. The van der Waals surface area contributed by atoms with Gasteiger partial charge in [-0.15, -0.1) is 11.8 Å². The van der Waals surface area contributed by atoms with Gasteiger partial charge in [0.05, 0.1) is 27.2 Å². The molecule has 0 bridgehead atoms. The molecule has 0 saturated heterocycles. The van der Waals surface area contributed by atoms with Gasteiger partial charge in [0.1, 0.15) is 0 Å². The fraction of sp³-hybridized carbons (Fsp3) is 0.400. The Morgan fingerprint density at radius 2 is 2.04 bits per heavy atom. The molecule has 0 radical (unpaired) electrons. The van der Waals surface area contributed by atoms with Crippen LogP contribution in [0.2, 0.25) is 0 Å². The third kappa shape index (κ3) is 3.76. The van der Waals surface area contributed by atoms with Gasteiger partial charge in [0.2, 0.25) is 0 Å². The second kappa shape index (κ2) is 6.88. The molecule has 3 heteroatoms. The van der Waals surface area contributed by atoms with Crippen molar-refractivity contribution < 1.29 is 4.48 Å². The minimum Gasteiger partial charge on any atom is -0.328 e. The third-order valence-corrected chi connectivity index (χ3v) is 6.50. The van der Waals surface area contributed by atoms with Gasteiger partial charge in [-0.2, -0.15) is 0 Å². The number of halogens is 1. The monoisotopic (exact) mass is 346 g/mol. The van der Waals surface area contributed by atoms with Crippen molar-refractivity contribution >= 4 is 28.9 Å². The van der Waals surface area contributed by atoms with E-state index in [0.29, 0.717) is 11.2 Å². The molecule has 2 unspecified atom stereocenters. The molecule has 2 aliphatic rings. The van der Waals surface area contributed by atoms with Crippen molar-refractivity contribution in [2.75, 3.05) is 27.2 Å². The summed E-state index contributed by atoms with van der Waals surface area (Å²) in [5.41, 5.74) is 2.83. The standard InChI is InChI=1S/C20H25ClNS/c1-4-22(2,3)13-7-9-16-17-8-5-6-10-19(17)23-20-12-11-15(21)14-18(16)20/h5-6,8-12,14,18,20H,4,7,13H2,1-3H3/q+1. The van der Waals surface area contributed by atoms with Crippen molar-refractivity contribution in [3.63, 3.8) is 0 Å². The van der Waals surface area contributed by atoms with E-state index in [1.54, 1.807) is 0 Å². The quantitative estimate of drug-likeness (QED) is 0.663. The highest BCUT2D eigenvalue weighted by Gasteiger charge is 2.31. The maximum absolute atomic E-state index is 6.29. The second-order valence-corrected chi connectivity index (χ2v) is 8.60. The van der Waals surface area contributed by atoms with Gasteiger partial charge < -0.3 is 4.48 Å². The molecule has 0 saturated carbocycles. The summed E-state index contributed by atoms with van der Waals surface area (Å²) in [5.74, 6) is 0.393. The zero-order chi connectivity index (χ0) is 16.4. The van der Waals surface area contributed by atoms with Gasteiger partial charge >= 0.3 is 0 Å².